The number of amides is 2. The number of hydrogen-bond donors (Lipinski definition) is 2. The first-order valence-corrected chi connectivity index (χ1v) is 11.4. The van der Waals surface area contributed by atoms with Crippen molar-refractivity contribution in [2.24, 2.45) is 5.92 Å². The van der Waals surface area contributed by atoms with E-state index in [1.54, 1.807) is 23.1 Å². The van der Waals surface area contributed by atoms with Crippen LogP contribution < -0.4 is 10.0 Å². The van der Waals surface area contributed by atoms with Crippen molar-refractivity contribution in [3.8, 4) is 0 Å². The zero-order valence-corrected chi connectivity index (χ0v) is 18.0. The highest BCUT2D eigenvalue weighted by Gasteiger charge is 2.28. The number of nitrogens with zero attached hydrogens (tertiary/aromatic N) is 1. The van der Waals surface area contributed by atoms with Gasteiger partial charge in [-0.3, -0.25) is 9.59 Å². The molecule has 30 heavy (non-hydrogen) atoms. The molecule has 160 valence electrons. The Morgan fingerprint density at radius 1 is 1.13 bits per heavy atom. The molecular formula is C22H27N3O4S. The molecule has 2 aromatic rings. The Bertz CT molecular complexity index is 1020. The zero-order valence-electron chi connectivity index (χ0n) is 17.2. The molecule has 2 N–H and O–H groups in total. The van der Waals surface area contributed by atoms with Gasteiger partial charge in [0.05, 0.1) is 10.8 Å². The van der Waals surface area contributed by atoms with Crippen molar-refractivity contribution in [3.05, 3.63) is 65.2 Å². The van der Waals surface area contributed by atoms with Crippen LogP contribution >= 0.6 is 0 Å². The molecule has 1 fully saturated rings. The van der Waals surface area contributed by atoms with E-state index in [-0.39, 0.29) is 29.2 Å². The van der Waals surface area contributed by atoms with Crippen molar-refractivity contribution in [1.29, 1.82) is 0 Å². The molecule has 0 radical (unpaired) electrons. The van der Waals surface area contributed by atoms with Gasteiger partial charge in [0.25, 0.3) is 5.91 Å². The number of carbonyl (C=O) groups excluding carboxylic acids is 2. The van der Waals surface area contributed by atoms with E-state index < -0.39 is 10.0 Å². The minimum atomic E-state index is -3.53. The van der Waals surface area contributed by atoms with Gasteiger partial charge in [0, 0.05) is 25.2 Å². The van der Waals surface area contributed by atoms with Crippen LogP contribution in [0.25, 0.3) is 0 Å². The fraction of sp³-hybridized carbons (Fsp3) is 0.364. The molecule has 2 amide bonds. The van der Waals surface area contributed by atoms with Crippen molar-refractivity contribution in [2.75, 3.05) is 20.1 Å². The quantitative estimate of drug-likeness (QED) is 0.735. The van der Waals surface area contributed by atoms with Crippen molar-refractivity contribution < 1.29 is 18.0 Å². The normalized spacial score (nSPS) is 16.9. The molecule has 0 bridgehead atoms. The number of benzene rings is 2. The van der Waals surface area contributed by atoms with E-state index in [0.717, 1.165) is 18.4 Å². The number of aryl methyl sites for hydroxylation is 1. The second-order valence-corrected chi connectivity index (χ2v) is 9.42. The summed E-state index contributed by atoms with van der Waals surface area (Å²) >= 11 is 0. The summed E-state index contributed by atoms with van der Waals surface area (Å²) in [6.45, 7) is 3.22. The number of hydrogen-bond acceptors (Lipinski definition) is 4. The maximum atomic E-state index is 12.7. The summed E-state index contributed by atoms with van der Waals surface area (Å²) in [6, 6.07) is 13.9. The average molecular weight is 430 g/mol. The summed E-state index contributed by atoms with van der Waals surface area (Å²) in [7, 11) is -2.17. The van der Waals surface area contributed by atoms with E-state index in [4.69, 9.17) is 0 Å². The summed E-state index contributed by atoms with van der Waals surface area (Å²) in [6.07, 6.45) is 1.49. The summed E-state index contributed by atoms with van der Waals surface area (Å²) in [5.74, 6) is -0.465. The number of likely N-dealkylation sites (tertiary alicyclic amines) is 1. The third kappa shape index (κ3) is 5.25. The van der Waals surface area contributed by atoms with Gasteiger partial charge in [-0.15, -0.1) is 0 Å². The Morgan fingerprint density at radius 3 is 2.57 bits per heavy atom. The molecule has 1 atom stereocenters. The van der Waals surface area contributed by atoms with Gasteiger partial charge in [-0.1, -0.05) is 29.8 Å². The SMILES string of the molecule is CNS(=O)(=O)c1cccc(CNC(=O)C2CCCN(C(=O)c3ccc(C)cc3)C2)c1. The molecule has 1 unspecified atom stereocenters. The Labute approximate surface area is 177 Å². The van der Waals surface area contributed by atoms with Crippen LogP contribution in [0.15, 0.2) is 53.4 Å². The van der Waals surface area contributed by atoms with Crippen molar-refractivity contribution in [2.45, 2.75) is 31.2 Å². The predicted molar refractivity (Wildman–Crippen MR) is 114 cm³/mol. The molecule has 0 spiro atoms. The Morgan fingerprint density at radius 2 is 1.87 bits per heavy atom. The van der Waals surface area contributed by atoms with E-state index in [1.165, 1.54) is 13.1 Å². The van der Waals surface area contributed by atoms with Gasteiger partial charge in [0.2, 0.25) is 15.9 Å². The molecule has 1 heterocycles. The van der Waals surface area contributed by atoms with Crippen LogP contribution in [0.5, 0.6) is 0 Å². The van der Waals surface area contributed by atoms with Crippen LogP contribution in [0.3, 0.4) is 0 Å². The van der Waals surface area contributed by atoms with Crippen molar-refractivity contribution >= 4 is 21.8 Å². The summed E-state index contributed by atoms with van der Waals surface area (Å²) < 4.78 is 26.2. The molecular weight excluding hydrogens is 402 g/mol. The average Bonchev–Trinajstić information content (AvgIpc) is 2.77. The highest BCUT2D eigenvalue weighted by atomic mass is 32.2. The van der Waals surface area contributed by atoms with Crippen LogP contribution in [-0.4, -0.2) is 45.3 Å². The monoisotopic (exact) mass is 429 g/mol. The van der Waals surface area contributed by atoms with Crippen LogP contribution in [0, 0.1) is 12.8 Å². The summed E-state index contributed by atoms with van der Waals surface area (Å²) in [5.41, 5.74) is 2.42. The number of carbonyl (C=O) groups is 2. The fourth-order valence-corrected chi connectivity index (χ4v) is 4.33. The molecule has 1 saturated heterocycles. The molecule has 1 aliphatic rings. The van der Waals surface area contributed by atoms with Gasteiger partial charge in [-0.25, -0.2) is 13.1 Å². The zero-order chi connectivity index (χ0) is 21.7. The smallest absolute Gasteiger partial charge is 0.253 e. The number of rotatable bonds is 6. The molecule has 8 heteroatoms. The van der Waals surface area contributed by atoms with E-state index in [2.05, 4.69) is 10.0 Å². The van der Waals surface area contributed by atoms with E-state index >= 15 is 0 Å². The van der Waals surface area contributed by atoms with Gasteiger partial charge in [0.1, 0.15) is 0 Å². The van der Waals surface area contributed by atoms with Crippen molar-refractivity contribution in [1.82, 2.24) is 14.9 Å². The standard InChI is InChI=1S/C22H27N3O4S/c1-16-8-10-18(11-9-16)22(27)25-12-4-6-19(15-25)21(26)24-14-17-5-3-7-20(13-17)30(28,29)23-2/h3,5,7-11,13,19,23H,4,6,12,14-15H2,1-2H3,(H,24,26). The third-order valence-corrected chi connectivity index (χ3v) is 6.73. The Balaban J connectivity index is 1.60. The third-order valence-electron chi connectivity index (χ3n) is 5.32. The number of nitrogens with one attached hydrogen (secondary N) is 2. The Kier molecular flexibility index (Phi) is 6.89. The lowest BCUT2D eigenvalue weighted by atomic mass is 9.96. The van der Waals surface area contributed by atoms with E-state index in [0.29, 0.717) is 24.2 Å². The molecule has 0 saturated carbocycles. The van der Waals surface area contributed by atoms with Crippen molar-refractivity contribution in [3.63, 3.8) is 0 Å². The second kappa shape index (κ2) is 9.40. The van der Waals surface area contributed by atoms with Gasteiger partial charge in [-0.05, 0) is 56.6 Å². The number of piperidine rings is 1. The highest BCUT2D eigenvalue weighted by Crippen LogP contribution is 2.20. The molecule has 0 aliphatic carbocycles. The fourth-order valence-electron chi connectivity index (χ4n) is 3.53. The predicted octanol–water partition coefficient (Wildman–Crippen LogP) is 2.07. The first kappa shape index (κ1) is 22.0. The lowest BCUT2D eigenvalue weighted by Gasteiger charge is -2.32. The minimum absolute atomic E-state index is 0.0579. The van der Waals surface area contributed by atoms with E-state index in [9.17, 15) is 18.0 Å². The van der Waals surface area contributed by atoms with Crippen LogP contribution in [0.1, 0.15) is 34.3 Å². The van der Waals surface area contributed by atoms with Gasteiger partial charge in [0.15, 0.2) is 0 Å². The maximum Gasteiger partial charge on any atom is 0.253 e. The van der Waals surface area contributed by atoms with Gasteiger partial charge in [-0.2, -0.15) is 0 Å². The van der Waals surface area contributed by atoms with Crippen LogP contribution in [-0.2, 0) is 21.4 Å². The molecule has 2 aromatic carbocycles. The Hall–Kier alpha value is -2.71. The molecule has 1 aliphatic heterocycles. The molecule has 3 rings (SSSR count). The first-order valence-electron chi connectivity index (χ1n) is 9.96. The second-order valence-electron chi connectivity index (χ2n) is 7.53. The lowest BCUT2D eigenvalue weighted by molar-refractivity contribution is -0.126. The largest absolute Gasteiger partial charge is 0.352 e. The van der Waals surface area contributed by atoms with Crippen LogP contribution in [0.4, 0.5) is 0 Å². The maximum absolute atomic E-state index is 12.7. The first-order chi connectivity index (χ1) is 14.3. The van der Waals surface area contributed by atoms with Gasteiger partial charge >= 0.3 is 0 Å². The number of sulfonamides is 1. The topological polar surface area (TPSA) is 95.6 Å². The highest BCUT2D eigenvalue weighted by molar-refractivity contribution is 7.89. The van der Waals surface area contributed by atoms with Crippen LogP contribution in [0.2, 0.25) is 0 Å². The molecule has 7 nitrogen and oxygen atoms in total. The lowest BCUT2D eigenvalue weighted by Crippen LogP contribution is -2.45. The van der Waals surface area contributed by atoms with Gasteiger partial charge < -0.3 is 10.2 Å². The summed E-state index contributed by atoms with van der Waals surface area (Å²) in [5, 5.41) is 2.88. The van der Waals surface area contributed by atoms with E-state index in [1.807, 2.05) is 31.2 Å². The molecule has 0 aromatic heterocycles. The minimum Gasteiger partial charge on any atom is -0.352 e. The summed E-state index contributed by atoms with van der Waals surface area (Å²) in [4.78, 5) is 27.3.